The minimum atomic E-state index is -0.0574. The van der Waals surface area contributed by atoms with Crippen LogP contribution in [0.2, 0.25) is 0 Å². The Kier molecular flexibility index (Phi) is 4.59. The number of amides is 1. The van der Waals surface area contributed by atoms with Crippen LogP contribution in [0.5, 0.6) is 0 Å². The summed E-state index contributed by atoms with van der Waals surface area (Å²) in [5.74, 6) is 4.96. The lowest BCUT2D eigenvalue weighted by molar-refractivity contribution is -0.121. The molecule has 1 saturated carbocycles. The molecule has 0 spiro atoms. The molecule has 0 aromatic carbocycles. The lowest BCUT2D eigenvalue weighted by Crippen LogP contribution is -2.31. The van der Waals surface area contributed by atoms with Gasteiger partial charge in [-0.05, 0) is 12.8 Å². The van der Waals surface area contributed by atoms with E-state index in [9.17, 15) is 4.79 Å². The van der Waals surface area contributed by atoms with Gasteiger partial charge in [0.2, 0.25) is 5.91 Å². The van der Waals surface area contributed by atoms with Gasteiger partial charge in [0.05, 0.1) is 0 Å². The second-order valence-corrected chi connectivity index (χ2v) is 5.37. The highest BCUT2D eigenvalue weighted by Crippen LogP contribution is 2.32. The lowest BCUT2D eigenvalue weighted by atomic mass is 10.3. The van der Waals surface area contributed by atoms with E-state index in [0.717, 1.165) is 5.25 Å². The molecule has 0 aromatic heterocycles. The number of hydrogen-bond donors (Lipinski definition) is 2. The van der Waals surface area contributed by atoms with E-state index in [1.165, 1.54) is 25.7 Å². The first-order valence-electron chi connectivity index (χ1n) is 4.87. The number of nitrogens with one attached hydrogen (secondary N) is 1. The Labute approximate surface area is 83.8 Å². The molecule has 13 heavy (non-hydrogen) atoms. The Morgan fingerprint density at radius 2 is 2.23 bits per heavy atom. The van der Waals surface area contributed by atoms with Crippen molar-refractivity contribution in [3.8, 4) is 0 Å². The second kappa shape index (κ2) is 5.50. The monoisotopic (exact) mass is 202 g/mol. The zero-order chi connectivity index (χ0) is 9.68. The fraction of sp³-hybridized carbons (Fsp3) is 0.889. The van der Waals surface area contributed by atoms with E-state index in [4.69, 9.17) is 5.84 Å². The van der Waals surface area contributed by atoms with Crippen LogP contribution in [0.1, 0.15) is 39.0 Å². The molecule has 3 nitrogen and oxygen atoms in total. The fourth-order valence-corrected chi connectivity index (χ4v) is 3.23. The SMILES string of the molecule is CC(CC(=O)NN)SC1CCCC1. The van der Waals surface area contributed by atoms with Gasteiger partial charge in [-0.25, -0.2) is 5.84 Å². The van der Waals surface area contributed by atoms with E-state index in [0.29, 0.717) is 11.7 Å². The molecule has 0 aromatic rings. The molecule has 1 amide bonds. The molecule has 1 atom stereocenters. The van der Waals surface area contributed by atoms with E-state index in [2.05, 4.69) is 12.3 Å². The quantitative estimate of drug-likeness (QED) is 0.412. The highest BCUT2D eigenvalue weighted by atomic mass is 32.2. The first-order valence-corrected chi connectivity index (χ1v) is 5.81. The number of hydrazine groups is 1. The summed E-state index contributed by atoms with van der Waals surface area (Å²) in [4.78, 5) is 10.9. The number of carbonyl (C=O) groups excluding carboxylic acids is 1. The number of rotatable bonds is 4. The van der Waals surface area contributed by atoms with Crippen molar-refractivity contribution in [1.82, 2.24) is 5.43 Å². The van der Waals surface area contributed by atoms with Crippen molar-refractivity contribution in [2.45, 2.75) is 49.5 Å². The molecule has 1 aliphatic rings. The third kappa shape index (κ3) is 4.00. The predicted molar refractivity (Wildman–Crippen MR) is 56.3 cm³/mol. The minimum absolute atomic E-state index is 0.0574. The van der Waals surface area contributed by atoms with E-state index < -0.39 is 0 Å². The van der Waals surface area contributed by atoms with Crippen LogP contribution in [0.3, 0.4) is 0 Å². The van der Waals surface area contributed by atoms with E-state index >= 15 is 0 Å². The number of carbonyl (C=O) groups is 1. The van der Waals surface area contributed by atoms with Crippen molar-refractivity contribution in [3.05, 3.63) is 0 Å². The summed E-state index contributed by atoms with van der Waals surface area (Å²) < 4.78 is 0. The second-order valence-electron chi connectivity index (χ2n) is 3.62. The first kappa shape index (κ1) is 10.9. The molecule has 1 aliphatic carbocycles. The summed E-state index contributed by atoms with van der Waals surface area (Å²) in [6, 6.07) is 0. The van der Waals surface area contributed by atoms with Gasteiger partial charge in [-0.1, -0.05) is 19.8 Å². The van der Waals surface area contributed by atoms with Crippen LogP contribution in [-0.2, 0) is 4.79 Å². The Balaban J connectivity index is 2.16. The molecule has 1 rings (SSSR count). The normalized spacial score (nSPS) is 20.2. The van der Waals surface area contributed by atoms with Crippen LogP contribution in [-0.4, -0.2) is 16.4 Å². The molecule has 0 aliphatic heterocycles. The predicted octanol–water partition coefficient (Wildman–Crippen LogP) is 1.43. The maximum atomic E-state index is 10.9. The van der Waals surface area contributed by atoms with Crippen molar-refractivity contribution >= 4 is 17.7 Å². The number of thioether (sulfide) groups is 1. The van der Waals surface area contributed by atoms with Crippen LogP contribution in [0.15, 0.2) is 0 Å². The maximum Gasteiger partial charge on any atom is 0.234 e. The topological polar surface area (TPSA) is 55.1 Å². The number of hydrogen-bond acceptors (Lipinski definition) is 3. The van der Waals surface area contributed by atoms with E-state index in [1.807, 2.05) is 11.8 Å². The zero-order valence-electron chi connectivity index (χ0n) is 8.08. The van der Waals surface area contributed by atoms with Gasteiger partial charge in [0.1, 0.15) is 0 Å². The molecule has 0 heterocycles. The van der Waals surface area contributed by atoms with Gasteiger partial charge >= 0.3 is 0 Å². The summed E-state index contributed by atoms with van der Waals surface area (Å²) >= 11 is 1.93. The average molecular weight is 202 g/mol. The molecule has 76 valence electrons. The van der Waals surface area contributed by atoms with E-state index in [-0.39, 0.29) is 5.91 Å². The van der Waals surface area contributed by atoms with Crippen LogP contribution >= 0.6 is 11.8 Å². The van der Waals surface area contributed by atoms with Crippen molar-refractivity contribution in [2.75, 3.05) is 0 Å². The van der Waals surface area contributed by atoms with Crippen LogP contribution in [0.25, 0.3) is 0 Å². The minimum Gasteiger partial charge on any atom is -0.294 e. The first-order chi connectivity index (χ1) is 6.22. The number of nitrogens with two attached hydrogens (primary N) is 1. The van der Waals surface area contributed by atoms with Gasteiger partial charge in [-0.15, -0.1) is 0 Å². The lowest BCUT2D eigenvalue weighted by Gasteiger charge is -2.14. The van der Waals surface area contributed by atoms with Gasteiger partial charge in [-0.3, -0.25) is 10.2 Å². The molecular formula is C9H18N2OS. The summed E-state index contributed by atoms with van der Waals surface area (Å²) in [7, 11) is 0. The molecular weight excluding hydrogens is 184 g/mol. The maximum absolute atomic E-state index is 10.9. The smallest absolute Gasteiger partial charge is 0.234 e. The van der Waals surface area contributed by atoms with Crippen molar-refractivity contribution < 1.29 is 4.79 Å². The largest absolute Gasteiger partial charge is 0.294 e. The van der Waals surface area contributed by atoms with Crippen molar-refractivity contribution in [3.63, 3.8) is 0 Å². The van der Waals surface area contributed by atoms with Crippen LogP contribution in [0.4, 0.5) is 0 Å². The Bertz CT molecular complexity index is 169. The zero-order valence-corrected chi connectivity index (χ0v) is 8.90. The van der Waals surface area contributed by atoms with Gasteiger partial charge in [0, 0.05) is 16.9 Å². The highest BCUT2D eigenvalue weighted by molar-refractivity contribution is 8.00. The van der Waals surface area contributed by atoms with Crippen LogP contribution in [0, 0.1) is 0 Å². The molecule has 4 heteroatoms. The summed E-state index contributed by atoms with van der Waals surface area (Å²) in [6.07, 6.45) is 5.89. The summed E-state index contributed by atoms with van der Waals surface area (Å²) in [6.45, 7) is 2.10. The van der Waals surface area contributed by atoms with Gasteiger partial charge < -0.3 is 0 Å². The third-order valence-corrected chi connectivity index (χ3v) is 3.85. The standard InChI is InChI=1S/C9H18N2OS/c1-7(6-9(12)11-10)13-8-4-2-3-5-8/h7-8H,2-6,10H2,1H3,(H,11,12). The Morgan fingerprint density at radius 1 is 1.62 bits per heavy atom. The molecule has 0 saturated heterocycles. The van der Waals surface area contributed by atoms with E-state index in [1.54, 1.807) is 0 Å². The molecule has 0 bridgehead atoms. The summed E-state index contributed by atoms with van der Waals surface area (Å²) in [5, 5.41) is 1.17. The van der Waals surface area contributed by atoms with Gasteiger partial charge in [-0.2, -0.15) is 11.8 Å². The van der Waals surface area contributed by atoms with Crippen molar-refractivity contribution in [1.29, 1.82) is 0 Å². The fourth-order valence-electron chi connectivity index (χ4n) is 1.72. The average Bonchev–Trinajstić information content (AvgIpc) is 2.56. The highest BCUT2D eigenvalue weighted by Gasteiger charge is 2.19. The summed E-state index contributed by atoms with van der Waals surface area (Å²) in [5.41, 5.74) is 2.17. The van der Waals surface area contributed by atoms with Gasteiger partial charge in [0.25, 0.3) is 0 Å². The Morgan fingerprint density at radius 3 is 2.77 bits per heavy atom. The van der Waals surface area contributed by atoms with Crippen molar-refractivity contribution in [2.24, 2.45) is 5.84 Å². The molecule has 1 unspecified atom stereocenters. The third-order valence-electron chi connectivity index (χ3n) is 2.36. The molecule has 1 fully saturated rings. The van der Waals surface area contributed by atoms with Gasteiger partial charge in [0.15, 0.2) is 0 Å². The molecule has 0 radical (unpaired) electrons. The Hall–Kier alpha value is -0.220. The van der Waals surface area contributed by atoms with Crippen LogP contribution < -0.4 is 11.3 Å². The molecule has 3 N–H and O–H groups in total.